The van der Waals surface area contributed by atoms with Crippen LogP contribution in [0, 0.1) is 0 Å². The maximum Gasteiger partial charge on any atom is 0.254 e. The number of hydrogen-bond acceptors (Lipinski definition) is 5. The van der Waals surface area contributed by atoms with Crippen LogP contribution in [0.5, 0.6) is 11.5 Å². The summed E-state index contributed by atoms with van der Waals surface area (Å²) in [7, 11) is 3.22. The van der Waals surface area contributed by atoms with Crippen molar-refractivity contribution in [2.24, 2.45) is 0 Å². The second-order valence-electron chi connectivity index (χ2n) is 9.50. The predicted molar refractivity (Wildman–Crippen MR) is 161 cm³/mol. The van der Waals surface area contributed by atoms with Crippen LogP contribution in [0.3, 0.4) is 0 Å². The Bertz CT molecular complexity index is 1370. The molecular formula is C33H36N2O4S. The lowest BCUT2D eigenvalue weighted by Crippen LogP contribution is -2.43. The minimum Gasteiger partial charge on any atom is -0.493 e. The van der Waals surface area contributed by atoms with Crippen molar-refractivity contribution in [2.45, 2.75) is 26.3 Å². The topological polar surface area (TPSA) is 59.1 Å². The van der Waals surface area contributed by atoms with Crippen LogP contribution in [0.25, 0.3) is 11.1 Å². The Labute approximate surface area is 240 Å². The van der Waals surface area contributed by atoms with E-state index in [2.05, 4.69) is 0 Å². The van der Waals surface area contributed by atoms with Gasteiger partial charge in [0.15, 0.2) is 11.5 Å². The molecule has 0 aliphatic carbocycles. The molecule has 0 spiro atoms. The first-order valence-electron chi connectivity index (χ1n) is 13.5. The number of rotatable bonds is 13. The standard InChI is InChI=1S/C33H36N2O4S/c1-4-19-35(33(37)28-15-13-27(14-16-28)26-9-6-5-7-10-26)24-32(36)34(23-29-11-8-21-40-29)20-18-25-12-17-30(38-2)31(22-25)39-3/h5-17,21-22H,4,18-20,23-24H2,1-3H3. The molecule has 0 saturated heterocycles. The van der Waals surface area contributed by atoms with Crippen LogP contribution in [0.4, 0.5) is 0 Å². The van der Waals surface area contributed by atoms with Crippen molar-refractivity contribution in [3.63, 3.8) is 0 Å². The van der Waals surface area contributed by atoms with Crippen molar-refractivity contribution >= 4 is 23.2 Å². The number of benzene rings is 3. The van der Waals surface area contributed by atoms with E-state index in [1.807, 2.05) is 102 Å². The molecule has 2 amide bonds. The van der Waals surface area contributed by atoms with E-state index in [0.717, 1.165) is 28.0 Å². The van der Waals surface area contributed by atoms with Crippen LogP contribution in [-0.4, -0.2) is 55.5 Å². The number of hydrogen-bond donors (Lipinski definition) is 0. The highest BCUT2D eigenvalue weighted by molar-refractivity contribution is 7.09. The molecule has 0 atom stereocenters. The van der Waals surface area contributed by atoms with Gasteiger partial charge in [-0.1, -0.05) is 61.5 Å². The fourth-order valence-electron chi connectivity index (χ4n) is 4.59. The molecule has 0 saturated carbocycles. The van der Waals surface area contributed by atoms with E-state index in [0.29, 0.717) is 43.1 Å². The van der Waals surface area contributed by atoms with Crippen LogP contribution in [0.1, 0.15) is 34.1 Å². The summed E-state index contributed by atoms with van der Waals surface area (Å²) in [5.74, 6) is 1.12. The van der Waals surface area contributed by atoms with Crippen LogP contribution in [-0.2, 0) is 17.8 Å². The van der Waals surface area contributed by atoms with E-state index >= 15 is 0 Å². The maximum absolute atomic E-state index is 13.7. The van der Waals surface area contributed by atoms with Crippen molar-refractivity contribution in [1.29, 1.82) is 0 Å². The predicted octanol–water partition coefficient (Wildman–Crippen LogP) is 6.56. The zero-order valence-electron chi connectivity index (χ0n) is 23.3. The summed E-state index contributed by atoms with van der Waals surface area (Å²) in [5.41, 5.74) is 3.77. The number of thiophene rings is 1. The van der Waals surface area contributed by atoms with E-state index < -0.39 is 0 Å². The highest BCUT2D eigenvalue weighted by atomic mass is 32.1. The lowest BCUT2D eigenvalue weighted by molar-refractivity contribution is -0.132. The Morgan fingerprint density at radius 1 is 0.775 bits per heavy atom. The average Bonchev–Trinajstić information content (AvgIpc) is 3.52. The smallest absolute Gasteiger partial charge is 0.254 e. The number of ether oxygens (including phenoxy) is 2. The van der Waals surface area contributed by atoms with E-state index in [1.54, 1.807) is 30.5 Å². The Morgan fingerprint density at radius 2 is 1.50 bits per heavy atom. The van der Waals surface area contributed by atoms with Gasteiger partial charge in [0.1, 0.15) is 6.54 Å². The van der Waals surface area contributed by atoms with Gasteiger partial charge in [-0.3, -0.25) is 9.59 Å². The number of nitrogens with zero attached hydrogens (tertiary/aromatic N) is 2. The molecule has 0 aliphatic rings. The highest BCUT2D eigenvalue weighted by Gasteiger charge is 2.23. The molecule has 1 heterocycles. The summed E-state index contributed by atoms with van der Waals surface area (Å²) in [6.07, 6.45) is 1.41. The van der Waals surface area contributed by atoms with Gasteiger partial charge in [0.2, 0.25) is 5.91 Å². The van der Waals surface area contributed by atoms with Gasteiger partial charge < -0.3 is 19.3 Å². The lowest BCUT2D eigenvalue weighted by atomic mass is 10.0. The first kappa shape index (κ1) is 28.9. The summed E-state index contributed by atoms with van der Waals surface area (Å²) in [4.78, 5) is 31.8. The normalized spacial score (nSPS) is 10.7. The fourth-order valence-corrected chi connectivity index (χ4v) is 5.31. The molecule has 6 nitrogen and oxygen atoms in total. The molecule has 4 rings (SSSR count). The van der Waals surface area contributed by atoms with Crippen LogP contribution >= 0.6 is 11.3 Å². The molecule has 0 radical (unpaired) electrons. The molecule has 0 aliphatic heterocycles. The van der Waals surface area contributed by atoms with Gasteiger partial charge in [0.25, 0.3) is 5.91 Å². The molecule has 0 N–H and O–H groups in total. The third-order valence-corrected chi connectivity index (χ3v) is 7.60. The molecule has 0 bridgehead atoms. The summed E-state index contributed by atoms with van der Waals surface area (Å²) < 4.78 is 10.8. The number of carbonyl (C=O) groups excluding carboxylic acids is 2. The van der Waals surface area contributed by atoms with E-state index in [4.69, 9.17) is 9.47 Å². The molecule has 3 aromatic carbocycles. The molecule has 40 heavy (non-hydrogen) atoms. The average molecular weight is 557 g/mol. The molecule has 0 unspecified atom stereocenters. The van der Waals surface area contributed by atoms with Crippen LogP contribution in [0.15, 0.2) is 90.3 Å². The molecular weight excluding hydrogens is 520 g/mol. The third-order valence-electron chi connectivity index (χ3n) is 6.74. The Balaban J connectivity index is 1.48. The van der Waals surface area contributed by atoms with Crippen LogP contribution in [0.2, 0.25) is 0 Å². The van der Waals surface area contributed by atoms with Crippen LogP contribution < -0.4 is 9.47 Å². The number of carbonyl (C=O) groups is 2. The van der Waals surface area contributed by atoms with Gasteiger partial charge in [-0.15, -0.1) is 11.3 Å². The molecule has 1 aromatic heterocycles. The zero-order valence-corrected chi connectivity index (χ0v) is 24.2. The van der Waals surface area contributed by atoms with Gasteiger partial charge in [0.05, 0.1) is 20.8 Å². The Hall–Kier alpha value is -4.10. The molecule has 7 heteroatoms. The van der Waals surface area contributed by atoms with Gasteiger partial charge in [-0.05, 0) is 65.2 Å². The van der Waals surface area contributed by atoms with Crippen molar-refractivity contribution < 1.29 is 19.1 Å². The summed E-state index contributed by atoms with van der Waals surface area (Å²) in [6.45, 7) is 3.58. The minimum atomic E-state index is -0.134. The van der Waals surface area contributed by atoms with Crippen molar-refractivity contribution in [3.05, 3.63) is 106 Å². The molecule has 0 fully saturated rings. The first-order valence-corrected chi connectivity index (χ1v) is 14.4. The fraction of sp³-hybridized carbons (Fsp3) is 0.273. The summed E-state index contributed by atoms with van der Waals surface area (Å²) in [5, 5.41) is 2.01. The Kier molecular flexibility index (Phi) is 10.4. The first-order chi connectivity index (χ1) is 19.5. The van der Waals surface area contributed by atoms with Gasteiger partial charge in [-0.2, -0.15) is 0 Å². The molecule has 4 aromatic rings. The third kappa shape index (κ3) is 7.51. The summed E-state index contributed by atoms with van der Waals surface area (Å²) in [6, 6.07) is 27.5. The number of methoxy groups -OCH3 is 2. The van der Waals surface area contributed by atoms with Crippen molar-refractivity contribution in [2.75, 3.05) is 33.9 Å². The number of amides is 2. The minimum absolute atomic E-state index is 0.0322. The Morgan fingerprint density at radius 3 is 2.15 bits per heavy atom. The quantitative estimate of drug-likeness (QED) is 0.187. The maximum atomic E-state index is 13.7. The highest BCUT2D eigenvalue weighted by Crippen LogP contribution is 2.28. The lowest BCUT2D eigenvalue weighted by Gasteiger charge is -2.27. The van der Waals surface area contributed by atoms with E-state index in [9.17, 15) is 9.59 Å². The van der Waals surface area contributed by atoms with E-state index in [1.165, 1.54) is 0 Å². The SMILES string of the molecule is CCCN(CC(=O)N(CCc1ccc(OC)c(OC)c1)Cc1cccs1)C(=O)c1ccc(-c2ccccc2)cc1. The zero-order chi connectivity index (χ0) is 28.3. The van der Waals surface area contributed by atoms with Gasteiger partial charge in [0, 0.05) is 23.5 Å². The molecule has 208 valence electrons. The largest absolute Gasteiger partial charge is 0.493 e. The monoisotopic (exact) mass is 556 g/mol. The summed E-state index contributed by atoms with van der Waals surface area (Å²) >= 11 is 1.62. The van der Waals surface area contributed by atoms with Crippen molar-refractivity contribution in [1.82, 2.24) is 9.80 Å². The second-order valence-corrected chi connectivity index (χ2v) is 10.5. The van der Waals surface area contributed by atoms with Crippen molar-refractivity contribution in [3.8, 4) is 22.6 Å². The van der Waals surface area contributed by atoms with E-state index in [-0.39, 0.29) is 18.4 Å². The van der Waals surface area contributed by atoms with Gasteiger partial charge >= 0.3 is 0 Å². The van der Waals surface area contributed by atoms with Gasteiger partial charge in [-0.25, -0.2) is 0 Å². The second kappa shape index (κ2) is 14.3.